The summed E-state index contributed by atoms with van der Waals surface area (Å²) in [6.45, 7) is 7.51. The first-order chi connectivity index (χ1) is 9.56. The van der Waals surface area contributed by atoms with Crippen molar-refractivity contribution >= 4 is 0 Å². The Hall–Kier alpha value is -1.88. The molecule has 1 aromatic carbocycles. The molecule has 0 fully saturated rings. The Labute approximate surface area is 120 Å². The predicted octanol–water partition coefficient (Wildman–Crippen LogP) is 2.20. The van der Waals surface area contributed by atoms with E-state index < -0.39 is 0 Å². The van der Waals surface area contributed by atoms with Crippen LogP contribution in [0.15, 0.2) is 24.3 Å². The quantitative estimate of drug-likeness (QED) is 0.877. The van der Waals surface area contributed by atoms with E-state index in [1.54, 1.807) is 0 Å². The number of aryl methyl sites for hydroxylation is 1. The van der Waals surface area contributed by atoms with Crippen LogP contribution in [0.3, 0.4) is 0 Å². The number of rotatable bonds is 6. The fraction of sp³-hybridized carbons (Fsp3) is 0.467. The summed E-state index contributed by atoms with van der Waals surface area (Å²) in [7, 11) is 1.94. The van der Waals surface area contributed by atoms with Gasteiger partial charge in [0.2, 0.25) is 0 Å². The van der Waals surface area contributed by atoms with E-state index in [0.29, 0.717) is 12.6 Å². The van der Waals surface area contributed by atoms with Crippen molar-refractivity contribution in [1.29, 1.82) is 0 Å². The van der Waals surface area contributed by atoms with E-state index in [4.69, 9.17) is 4.74 Å². The second-order valence-electron chi connectivity index (χ2n) is 5.19. The van der Waals surface area contributed by atoms with Gasteiger partial charge in [0.05, 0.1) is 0 Å². The smallest absolute Gasteiger partial charge is 0.170 e. The van der Waals surface area contributed by atoms with E-state index in [-0.39, 0.29) is 0 Å². The van der Waals surface area contributed by atoms with Gasteiger partial charge < -0.3 is 14.6 Å². The third-order valence-electron chi connectivity index (χ3n) is 3.19. The average molecular weight is 274 g/mol. The first kappa shape index (κ1) is 14.5. The molecule has 20 heavy (non-hydrogen) atoms. The molecule has 1 heterocycles. The van der Waals surface area contributed by atoms with Crippen molar-refractivity contribution in [3.63, 3.8) is 0 Å². The predicted molar refractivity (Wildman–Crippen MR) is 78.5 cm³/mol. The van der Waals surface area contributed by atoms with E-state index in [1.807, 2.05) is 30.7 Å². The van der Waals surface area contributed by atoms with Crippen LogP contribution in [0, 0.1) is 6.92 Å². The van der Waals surface area contributed by atoms with Gasteiger partial charge in [0.25, 0.3) is 0 Å². The van der Waals surface area contributed by atoms with Gasteiger partial charge in [-0.25, -0.2) is 0 Å². The van der Waals surface area contributed by atoms with Crippen LogP contribution < -0.4 is 10.1 Å². The Kier molecular flexibility index (Phi) is 4.74. The summed E-state index contributed by atoms with van der Waals surface area (Å²) >= 11 is 0. The largest absolute Gasteiger partial charge is 0.486 e. The van der Waals surface area contributed by atoms with Crippen molar-refractivity contribution in [3.8, 4) is 5.75 Å². The summed E-state index contributed by atoms with van der Waals surface area (Å²) in [5.74, 6) is 2.56. The molecule has 0 bridgehead atoms. The molecule has 2 aromatic rings. The highest BCUT2D eigenvalue weighted by atomic mass is 16.5. The minimum absolute atomic E-state index is 0.431. The second-order valence-corrected chi connectivity index (χ2v) is 5.19. The number of hydrogen-bond donors (Lipinski definition) is 1. The van der Waals surface area contributed by atoms with Gasteiger partial charge in [0.1, 0.15) is 18.2 Å². The van der Waals surface area contributed by atoms with E-state index in [1.165, 1.54) is 5.56 Å². The summed E-state index contributed by atoms with van der Waals surface area (Å²) in [5.41, 5.74) is 1.25. The van der Waals surface area contributed by atoms with Crippen LogP contribution >= 0.6 is 0 Å². The molecule has 0 amide bonds. The van der Waals surface area contributed by atoms with E-state index in [9.17, 15) is 0 Å². The minimum Gasteiger partial charge on any atom is -0.486 e. The molecule has 108 valence electrons. The van der Waals surface area contributed by atoms with Crippen LogP contribution in [0.1, 0.15) is 31.1 Å². The Bertz CT molecular complexity index is 546. The molecule has 0 unspecified atom stereocenters. The van der Waals surface area contributed by atoms with Gasteiger partial charge in [-0.05, 0) is 24.6 Å². The molecule has 0 radical (unpaired) electrons. The first-order valence-corrected chi connectivity index (χ1v) is 6.86. The highest BCUT2D eigenvalue weighted by molar-refractivity contribution is 5.27. The Morgan fingerprint density at radius 1 is 1.20 bits per heavy atom. The van der Waals surface area contributed by atoms with Crippen LogP contribution in [0.25, 0.3) is 0 Å². The molecule has 1 aromatic heterocycles. The summed E-state index contributed by atoms with van der Waals surface area (Å²) in [6.07, 6.45) is 0. The van der Waals surface area contributed by atoms with Gasteiger partial charge in [0.15, 0.2) is 5.82 Å². The van der Waals surface area contributed by atoms with E-state index in [2.05, 4.69) is 41.5 Å². The average Bonchev–Trinajstić information content (AvgIpc) is 2.75. The number of benzene rings is 1. The zero-order valence-corrected chi connectivity index (χ0v) is 12.6. The molecule has 5 nitrogen and oxygen atoms in total. The van der Waals surface area contributed by atoms with Gasteiger partial charge in [-0.15, -0.1) is 10.2 Å². The van der Waals surface area contributed by atoms with Gasteiger partial charge in [-0.2, -0.15) is 0 Å². The molecular weight excluding hydrogens is 252 g/mol. The van der Waals surface area contributed by atoms with Crippen molar-refractivity contribution in [2.24, 2.45) is 7.05 Å². The number of aromatic nitrogens is 3. The molecule has 0 atom stereocenters. The summed E-state index contributed by atoms with van der Waals surface area (Å²) in [6, 6.07) is 8.62. The van der Waals surface area contributed by atoms with Gasteiger partial charge >= 0.3 is 0 Å². The van der Waals surface area contributed by atoms with Crippen molar-refractivity contribution in [2.45, 2.75) is 40.0 Å². The van der Waals surface area contributed by atoms with Crippen molar-refractivity contribution in [3.05, 3.63) is 41.5 Å². The zero-order chi connectivity index (χ0) is 14.5. The molecule has 5 heteroatoms. The lowest BCUT2D eigenvalue weighted by Crippen LogP contribution is -2.21. The molecule has 0 spiro atoms. The van der Waals surface area contributed by atoms with E-state index in [0.717, 1.165) is 23.9 Å². The summed E-state index contributed by atoms with van der Waals surface area (Å²) in [5, 5.41) is 11.5. The van der Waals surface area contributed by atoms with Gasteiger partial charge in [-0.3, -0.25) is 0 Å². The standard InChI is InChI=1S/C15H22N4O/c1-11(2)16-9-13-5-7-14(8-6-13)20-10-15-18-17-12(3)19(15)4/h5-8,11,16H,9-10H2,1-4H3. The van der Waals surface area contributed by atoms with Crippen molar-refractivity contribution in [1.82, 2.24) is 20.1 Å². The molecule has 0 aliphatic heterocycles. The maximum absolute atomic E-state index is 5.72. The van der Waals surface area contributed by atoms with Crippen molar-refractivity contribution in [2.75, 3.05) is 0 Å². The number of nitrogens with zero attached hydrogens (tertiary/aromatic N) is 3. The highest BCUT2D eigenvalue weighted by Gasteiger charge is 2.05. The van der Waals surface area contributed by atoms with Gasteiger partial charge in [-0.1, -0.05) is 26.0 Å². The van der Waals surface area contributed by atoms with E-state index >= 15 is 0 Å². The fourth-order valence-corrected chi connectivity index (χ4v) is 1.75. The topological polar surface area (TPSA) is 52.0 Å². The fourth-order valence-electron chi connectivity index (χ4n) is 1.75. The molecule has 1 N–H and O–H groups in total. The number of ether oxygens (including phenoxy) is 1. The van der Waals surface area contributed by atoms with Crippen LogP contribution in [0.5, 0.6) is 5.75 Å². The molecular formula is C15H22N4O. The molecule has 0 aliphatic rings. The first-order valence-electron chi connectivity index (χ1n) is 6.86. The molecule has 2 rings (SSSR count). The van der Waals surface area contributed by atoms with Crippen LogP contribution in [0.2, 0.25) is 0 Å². The Balaban J connectivity index is 1.89. The monoisotopic (exact) mass is 274 g/mol. The lowest BCUT2D eigenvalue weighted by Gasteiger charge is -2.09. The minimum atomic E-state index is 0.431. The Morgan fingerprint density at radius 2 is 1.90 bits per heavy atom. The Morgan fingerprint density at radius 3 is 2.45 bits per heavy atom. The number of hydrogen-bond acceptors (Lipinski definition) is 4. The lowest BCUT2D eigenvalue weighted by atomic mass is 10.2. The zero-order valence-electron chi connectivity index (χ0n) is 12.6. The summed E-state index contributed by atoms with van der Waals surface area (Å²) in [4.78, 5) is 0. The second kappa shape index (κ2) is 6.52. The maximum Gasteiger partial charge on any atom is 0.170 e. The lowest BCUT2D eigenvalue weighted by molar-refractivity contribution is 0.291. The normalized spacial score (nSPS) is 11.1. The van der Waals surface area contributed by atoms with Crippen LogP contribution in [0.4, 0.5) is 0 Å². The third kappa shape index (κ3) is 3.81. The van der Waals surface area contributed by atoms with Crippen molar-refractivity contribution < 1.29 is 4.74 Å². The number of nitrogens with one attached hydrogen (secondary N) is 1. The molecule has 0 aliphatic carbocycles. The maximum atomic E-state index is 5.72. The molecule has 0 saturated heterocycles. The van der Waals surface area contributed by atoms with Crippen LogP contribution in [-0.2, 0) is 20.2 Å². The highest BCUT2D eigenvalue weighted by Crippen LogP contribution is 2.14. The third-order valence-corrected chi connectivity index (χ3v) is 3.19. The van der Waals surface area contributed by atoms with Crippen LogP contribution in [-0.4, -0.2) is 20.8 Å². The van der Waals surface area contributed by atoms with Gasteiger partial charge in [0, 0.05) is 19.6 Å². The SMILES string of the molecule is Cc1nnc(COc2ccc(CNC(C)C)cc2)n1C. The molecule has 0 saturated carbocycles. The summed E-state index contributed by atoms with van der Waals surface area (Å²) < 4.78 is 7.65.